The van der Waals surface area contributed by atoms with E-state index >= 15 is 0 Å². The van der Waals surface area contributed by atoms with Crippen molar-refractivity contribution < 1.29 is 4.39 Å². The van der Waals surface area contributed by atoms with Gasteiger partial charge in [-0.05, 0) is 44.4 Å². The Bertz CT molecular complexity index is 495. The molecular formula is C14H16FN3. The summed E-state index contributed by atoms with van der Waals surface area (Å²) in [5.41, 5.74) is 0.461. The Hall–Kier alpha value is -2.07. The van der Waals surface area contributed by atoms with Crippen LogP contribution in [0.25, 0.3) is 0 Å². The molecule has 18 heavy (non-hydrogen) atoms. The molecule has 0 aliphatic rings. The van der Waals surface area contributed by atoms with Gasteiger partial charge in [-0.2, -0.15) is 10.5 Å². The topological polar surface area (TPSA) is 59.6 Å². The minimum atomic E-state index is -0.727. The molecule has 0 aliphatic heterocycles. The summed E-state index contributed by atoms with van der Waals surface area (Å²) in [5.74, 6) is -0.299. The lowest BCUT2D eigenvalue weighted by atomic mass is 10.0. The molecular weight excluding hydrogens is 229 g/mol. The van der Waals surface area contributed by atoms with E-state index < -0.39 is 5.54 Å². The lowest BCUT2D eigenvalue weighted by Gasteiger charge is -2.19. The number of halogens is 1. The van der Waals surface area contributed by atoms with Crippen molar-refractivity contribution >= 4 is 5.69 Å². The number of benzene rings is 1. The summed E-state index contributed by atoms with van der Waals surface area (Å²) in [6.45, 7) is 3.46. The van der Waals surface area contributed by atoms with Gasteiger partial charge in [-0.15, -0.1) is 0 Å². The van der Waals surface area contributed by atoms with Crippen LogP contribution in [0.4, 0.5) is 10.1 Å². The molecule has 0 heterocycles. The van der Waals surface area contributed by atoms with E-state index in [0.29, 0.717) is 30.5 Å². The number of hydrogen-bond donors (Lipinski definition) is 1. The average molecular weight is 245 g/mol. The molecule has 4 heteroatoms. The van der Waals surface area contributed by atoms with E-state index in [2.05, 4.69) is 11.4 Å². The number of aryl methyl sites for hydroxylation is 1. The number of nitriles is 2. The van der Waals surface area contributed by atoms with Gasteiger partial charge in [-0.1, -0.05) is 6.07 Å². The zero-order chi connectivity index (χ0) is 13.6. The Morgan fingerprint density at radius 3 is 2.61 bits per heavy atom. The van der Waals surface area contributed by atoms with E-state index in [9.17, 15) is 4.39 Å². The maximum Gasteiger partial charge on any atom is 0.128 e. The predicted molar refractivity (Wildman–Crippen MR) is 68.3 cm³/mol. The van der Waals surface area contributed by atoms with Crippen LogP contribution in [0.15, 0.2) is 18.2 Å². The van der Waals surface area contributed by atoms with Crippen molar-refractivity contribution in [2.75, 3.05) is 5.32 Å². The van der Waals surface area contributed by atoms with Crippen LogP contribution in [-0.4, -0.2) is 5.54 Å². The third-order valence-corrected chi connectivity index (χ3v) is 2.52. The lowest BCUT2D eigenvalue weighted by Crippen LogP contribution is -2.28. The molecule has 0 aliphatic carbocycles. The van der Waals surface area contributed by atoms with Gasteiger partial charge in [0.2, 0.25) is 0 Å². The Morgan fingerprint density at radius 2 is 2.06 bits per heavy atom. The molecule has 0 bridgehead atoms. The van der Waals surface area contributed by atoms with E-state index in [4.69, 9.17) is 10.5 Å². The van der Waals surface area contributed by atoms with Crippen LogP contribution in [0, 0.1) is 28.5 Å². The fraction of sp³-hybridized carbons (Fsp3) is 0.429. The van der Waals surface area contributed by atoms with Gasteiger partial charge >= 0.3 is 0 Å². The van der Waals surface area contributed by atoms with Gasteiger partial charge in [0.1, 0.15) is 11.4 Å². The largest absolute Gasteiger partial charge is 0.368 e. The first kappa shape index (κ1) is 14.0. The molecule has 3 nitrogen and oxygen atoms in total. The maximum atomic E-state index is 13.8. The highest BCUT2D eigenvalue weighted by atomic mass is 19.1. The standard InChI is InChI=1S/C14H16FN3/c1-14(2,10-17)18-12-7-6-11(13(15)9-12)5-3-4-8-16/h6-7,9,18H,3-5H2,1-2H3. The van der Waals surface area contributed by atoms with Crippen LogP contribution in [-0.2, 0) is 6.42 Å². The van der Waals surface area contributed by atoms with Crippen molar-refractivity contribution in [1.29, 1.82) is 10.5 Å². The summed E-state index contributed by atoms with van der Waals surface area (Å²) in [7, 11) is 0. The van der Waals surface area contributed by atoms with Gasteiger partial charge in [0.25, 0.3) is 0 Å². The molecule has 1 aromatic rings. The molecule has 1 aromatic carbocycles. The van der Waals surface area contributed by atoms with Crippen molar-refractivity contribution in [1.82, 2.24) is 0 Å². The maximum absolute atomic E-state index is 13.8. The predicted octanol–water partition coefficient (Wildman–Crippen LogP) is 3.39. The number of unbranched alkanes of at least 4 members (excludes halogenated alkanes) is 1. The number of nitrogens with zero attached hydrogens (tertiary/aromatic N) is 2. The molecule has 0 saturated carbocycles. The third-order valence-electron chi connectivity index (χ3n) is 2.52. The zero-order valence-corrected chi connectivity index (χ0v) is 10.6. The highest BCUT2D eigenvalue weighted by Gasteiger charge is 2.16. The van der Waals surface area contributed by atoms with Crippen molar-refractivity contribution in [3.63, 3.8) is 0 Å². The van der Waals surface area contributed by atoms with Crippen molar-refractivity contribution in [3.05, 3.63) is 29.6 Å². The van der Waals surface area contributed by atoms with Gasteiger partial charge in [0, 0.05) is 12.1 Å². The molecule has 0 amide bonds. The van der Waals surface area contributed by atoms with Gasteiger partial charge in [0.05, 0.1) is 12.1 Å². The summed E-state index contributed by atoms with van der Waals surface area (Å²) in [5, 5.41) is 20.3. The van der Waals surface area contributed by atoms with Crippen LogP contribution in [0.2, 0.25) is 0 Å². The van der Waals surface area contributed by atoms with E-state index in [0.717, 1.165) is 0 Å². The fourth-order valence-corrected chi connectivity index (χ4v) is 1.57. The Balaban J connectivity index is 2.74. The fourth-order valence-electron chi connectivity index (χ4n) is 1.57. The van der Waals surface area contributed by atoms with Gasteiger partial charge in [0.15, 0.2) is 0 Å². The van der Waals surface area contributed by atoms with E-state index in [-0.39, 0.29) is 5.82 Å². The van der Waals surface area contributed by atoms with Crippen LogP contribution in [0.3, 0.4) is 0 Å². The minimum absolute atomic E-state index is 0.299. The van der Waals surface area contributed by atoms with Crippen molar-refractivity contribution in [3.8, 4) is 12.1 Å². The summed E-state index contributed by atoms with van der Waals surface area (Å²) < 4.78 is 13.8. The molecule has 0 unspecified atom stereocenters. The normalized spacial score (nSPS) is 10.5. The SMILES string of the molecule is CC(C)(C#N)Nc1ccc(CCCC#N)c(F)c1. The third kappa shape index (κ3) is 4.07. The first-order valence-electron chi connectivity index (χ1n) is 5.83. The molecule has 1 rings (SSSR count). The van der Waals surface area contributed by atoms with Gasteiger partial charge in [-0.25, -0.2) is 4.39 Å². The second-order valence-corrected chi connectivity index (χ2v) is 4.68. The van der Waals surface area contributed by atoms with E-state index in [1.54, 1.807) is 26.0 Å². The summed E-state index contributed by atoms with van der Waals surface area (Å²) >= 11 is 0. The second-order valence-electron chi connectivity index (χ2n) is 4.68. The Kier molecular flexibility index (Phi) is 4.68. The monoisotopic (exact) mass is 245 g/mol. The Morgan fingerprint density at radius 1 is 1.33 bits per heavy atom. The highest BCUT2D eigenvalue weighted by Crippen LogP contribution is 2.19. The molecule has 1 N–H and O–H groups in total. The van der Waals surface area contributed by atoms with E-state index in [1.165, 1.54) is 6.07 Å². The average Bonchev–Trinajstić information content (AvgIpc) is 2.32. The number of rotatable bonds is 5. The zero-order valence-electron chi connectivity index (χ0n) is 10.6. The van der Waals surface area contributed by atoms with Crippen LogP contribution in [0.1, 0.15) is 32.3 Å². The van der Waals surface area contributed by atoms with Crippen LogP contribution >= 0.6 is 0 Å². The first-order valence-corrected chi connectivity index (χ1v) is 5.83. The molecule has 0 saturated heterocycles. The Labute approximate surface area is 107 Å². The quantitative estimate of drug-likeness (QED) is 0.809. The molecule has 0 aromatic heterocycles. The van der Waals surface area contributed by atoms with Crippen molar-refractivity contribution in [2.45, 2.75) is 38.6 Å². The van der Waals surface area contributed by atoms with Crippen LogP contribution < -0.4 is 5.32 Å². The molecule has 0 radical (unpaired) electrons. The first-order chi connectivity index (χ1) is 8.48. The van der Waals surface area contributed by atoms with Gasteiger partial charge < -0.3 is 5.32 Å². The number of anilines is 1. The highest BCUT2D eigenvalue weighted by molar-refractivity contribution is 5.48. The summed E-state index contributed by atoms with van der Waals surface area (Å²) in [6, 6.07) is 8.97. The van der Waals surface area contributed by atoms with Gasteiger partial charge in [-0.3, -0.25) is 0 Å². The second kappa shape index (κ2) is 6.02. The molecule has 94 valence electrons. The number of nitrogens with one attached hydrogen (secondary N) is 1. The lowest BCUT2D eigenvalue weighted by molar-refractivity contribution is 0.604. The number of hydrogen-bond acceptors (Lipinski definition) is 3. The molecule has 0 atom stereocenters. The molecule has 0 spiro atoms. The minimum Gasteiger partial charge on any atom is -0.368 e. The van der Waals surface area contributed by atoms with Crippen molar-refractivity contribution in [2.24, 2.45) is 0 Å². The van der Waals surface area contributed by atoms with Crippen LogP contribution in [0.5, 0.6) is 0 Å². The smallest absolute Gasteiger partial charge is 0.128 e. The summed E-state index contributed by atoms with van der Waals surface area (Å²) in [6.07, 6.45) is 1.64. The summed E-state index contributed by atoms with van der Waals surface area (Å²) in [4.78, 5) is 0. The molecule has 0 fully saturated rings. The van der Waals surface area contributed by atoms with E-state index in [1.807, 2.05) is 6.07 Å².